The van der Waals surface area contributed by atoms with Crippen LogP contribution in [0.3, 0.4) is 0 Å². The molecule has 0 amide bonds. The van der Waals surface area contributed by atoms with Crippen molar-refractivity contribution in [3.05, 3.63) is 59.4 Å². The highest BCUT2D eigenvalue weighted by Crippen LogP contribution is 2.36. The zero-order chi connectivity index (χ0) is 17.2. The number of aryl methyl sites for hydroxylation is 1. The predicted molar refractivity (Wildman–Crippen MR) is 90.3 cm³/mol. The lowest BCUT2D eigenvalue weighted by molar-refractivity contribution is 0.264. The van der Waals surface area contributed by atoms with Gasteiger partial charge in [-0.25, -0.2) is 17.5 Å². The Morgan fingerprint density at radius 1 is 1.21 bits per heavy atom. The van der Waals surface area contributed by atoms with Gasteiger partial charge in [0.25, 0.3) is 0 Å². The summed E-state index contributed by atoms with van der Waals surface area (Å²) in [7, 11) is -3.65. The first-order valence-corrected chi connectivity index (χ1v) is 9.49. The fourth-order valence-corrected chi connectivity index (χ4v) is 4.04. The Bertz CT molecular complexity index is 819. The lowest BCUT2D eigenvalue weighted by Gasteiger charge is -2.27. The van der Waals surface area contributed by atoms with E-state index >= 15 is 0 Å². The Labute approximate surface area is 141 Å². The van der Waals surface area contributed by atoms with Crippen LogP contribution in [0.2, 0.25) is 0 Å². The van der Waals surface area contributed by atoms with Gasteiger partial charge < -0.3 is 4.74 Å². The number of fused-ring (bicyclic) bond motifs is 1. The smallest absolute Gasteiger partial charge is 0.240 e. The Morgan fingerprint density at radius 3 is 2.67 bits per heavy atom. The molecular formula is C18H20FNO3S. The molecule has 1 atom stereocenters. The standard InChI is InChI=1S/C18H20FNO3S/c1-2-13-4-3-5-17-14(10-11-23-18(13)17)12-20-24(21,22)16-8-6-15(19)7-9-16/h3-9,14,20H,2,10-12H2,1H3. The van der Waals surface area contributed by atoms with Crippen molar-refractivity contribution in [1.82, 2.24) is 4.72 Å². The molecule has 0 saturated carbocycles. The zero-order valence-corrected chi connectivity index (χ0v) is 14.3. The van der Waals surface area contributed by atoms with E-state index in [2.05, 4.69) is 11.6 Å². The van der Waals surface area contributed by atoms with Crippen molar-refractivity contribution in [3.63, 3.8) is 0 Å². The number of ether oxygens (including phenoxy) is 1. The molecule has 0 bridgehead atoms. The fraction of sp³-hybridized carbons (Fsp3) is 0.333. The monoisotopic (exact) mass is 349 g/mol. The van der Waals surface area contributed by atoms with Crippen LogP contribution >= 0.6 is 0 Å². The van der Waals surface area contributed by atoms with Crippen molar-refractivity contribution in [2.45, 2.75) is 30.6 Å². The topological polar surface area (TPSA) is 55.4 Å². The summed E-state index contributed by atoms with van der Waals surface area (Å²) in [6.07, 6.45) is 1.63. The summed E-state index contributed by atoms with van der Waals surface area (Å²) in [5, 5.41) is 0. The Kier molecular flexibility index (Phi) is 4.87. The van der Waals surface area contributed by atoms with E-state index in [9.17, 15) is 12.8 Å². The molecule has 4 nitrogen and oxygen atoms in total. The molecule has 6 heteroatoms. The van der Waals surface area contributed by atoms with Crippen LogP contribution in [-0.2, 0) is 16.4 Å². The van der Waals surface area contributed by atoms with Crippen molar-refractivity contribution in [1.29, 1.82) is 0 Å². The molecule has 0 fully saturated rings. The van der Waals surface area contributed by atoms with E-state index in [1.54, 1.807) is 0 Å². The number of nitrogens with one attached hydrogen (secondary N) is 1. The summed E-state index contributed by atoms with van der Waals surface area (Å²) < 4.78 is 46.1. The number of sulfonamides is 1. The highest BCUT2D eigenvalue weighted by Gasteiger charge is 2.25. The maximum absolute atomic E-state index is 13.0. The molecule has 0 spiro atoms. The van der Waals surface area contributed by atoms with E-state index in [1.165, 1.54) is 12.1 Å². The number of para-hydroxylation sites is 1. The average Bonchev–Trinajstić information content (AvgIpc) is 2.59. The van der Waals surface area contributed by atoms with Crippen LogP contribution in [0.15, 0.2) is 47.4 Å². The minimum Gasteiger partial charge on any atom is -0.493 e. The molecule has 128 valence electrons. The molecule has 0 saturated heterocycles. The van der Waals surface area contributed by atoms with Gasteiger partial charge >= 0.3 is 0 Å². The maximum atomic E-state index is 13.0. The normalized spacial score (nSPS) is 17.2. The number of benzene rings is 2. The van der Waals surface area contributed by atoms with E-state index in [1.807, 2.05) is 18.2 Å². The first-order valence-electron chi connectivity index (χ1n) is 8.01. The molecule has 1 aliphatic rings. The van der Waals surface area contributed by atoms with E-state index in [4.69, 9.17) is 4.74 Å². The third kappa shape index (κ3) is 3.44. The second-order valence-electron chi connectivity index (χ2n) is 5.83. The minimum atomic E-state index is -3.65. The van der Waals surface area contributed by atoms with Crippen LogP contribution in [0, 0.1) is 5.82 Å². The van der Waals surface area contributed by atoms with Crippen molar-refractivity contribution in [3.8, 4) is 5.75 Å². The third-order valence-electron chi connectivity index (χ3n) is 4.30. The summed E-state index contributed by atoms with van der Waals surface area (Å²) in [5.74, 6) is 0.493. The van der Waals surface area contributed by atoms with Crippen LogP contribution in [-0.4, -0.2) is 21.6 Å². The molecule has 1 unspecified atom stereocenters. The molecule has 0 radical (unpaired) electrons. The second-order valence-corrected chi connectivity index (χ2v) is 7.60. The van der Waals surface area contributed by atoms with Gasteiger partial charge in [-0.1, -0.05) is 25.1 Å². The second kappa shape index (κ2) is 6.91. The number of halogens is 1. The number of hydrogen-bond acceptors (Lipinski definition) is 3. The van der Waals surface area contributed by atoms with Crippen LogP contribution in [0.1, 0.15) is 30.4 Å². The van der Waals surface area contributed by atoms with Gasteiger partial charge in [0.1, 0.15) is 11.6 Å². The molecule has 1 heterocycles. The first kappa shape index (κ1) is 16.9. The summed E-state index contributed by atoms with van der Waals surface area (Å²) in [6, 6.07) is 10.8. The van der Waals surface area contributed by atoms with Crippen molar-refractivity contribution in [2.75, 3.05) is 13.2 Å². The van der Waals surface area contributed by atoms with Crippen LogP contribution in [0.25, 0.3) is 0 Å². The van der Waals surface area contributed by atoms with Crippen molar-refractivity contribution in [2.24, 2.45) is 0 Å². The summed E-state index contributed by atoms with van der Waals surface area (Å²) in [6.45, 7) is 2.94. The summed E-state index contributed by atoms with van der Waals surface area (Å²) >= 11 is 0. The largest absolute Gasteiger partial charge is 0.493 e. The van der Waals surface area contributed by atoms with Gasteiger partial charge in [0.05, 0.1) is 11.5 Å². The molecule has 0 aliphatic carbocycles. The first-order chi connectivity index (χ1) is 11.5. The number of hydrogen-bond donors (Lipinski definition) is 1. The van der Waals surface area contributed by atoms with Crippen LogP contribution in [0.4, 0.5) is 4.39 Å². The summed E-state index contributed by atoms with van der Waals surface area (Å²) in [5.41, 5.74) is 2.18. The van der Waals surface area contributed by atoms with Gasteiger partial charge in [0.15, 0.2) is 0 Å². The number of rotatable bonds is 5. The molecule has 24 heavy (non-hydrogen) atoms. The van der Waals surface area contributed by atoms with E-state index in [0.29, 0.717) is 13.2 Å². The van der Waals surface area contributed by atoms with Crippen LogP contribution in [0.5, 0.6) is 5.75 Å². The van der Waals surface area contributed by atoms with Crippen molar-refractivity contribution < 1.29 is 17.5 Å². The minimum absolute atomic E-state index is 0.0653. The highest BCUT2D eigenvalue weighted by atomic mass is 32.2. The molecule has 1 aliphatic heterocycles. The molecule has 2 aromatic rings. The lowest BCUT2D eigenvalue weighted by Crippen LogP contribution is -2.31. The molecule has 1 N–H and O–H groups in total. The molecular weight excluding hydrogens is 329 g/mol. The van der Waals surface area contributed by atoms with Gasteiger partial charge in [-0.05, 0) is 48.2 Å². The SMILES string of the molecule is CCc1cccc2c1OCCC2CNS(=O)(=O)c1ccc(F)cc1. The van der Waals surface area contributed by atoms with Gasteiger partial charge in [0.2, 0.25) is 10.0 Å². The van der Waals surface area contributed by atoms with E-state index in [0.717, 1.165) is 41.9 Å². The Hall–Kier alpha value is -1.92. The lowest BCUT2D eigenvalue weighted by atomic mass is 9.91. The van der Waals surface area contributed by atoms with Crippen LogP contribution < -0.4 is 9.46 Å². The van der Waals surface area contributed by atoms with Gasteiger partial charge in [-0.2, -0.15) is 0 Å². The fourth-order valence-electron chi connectivity index (χ4n) is 2.96. The Balaban J connectivity index is 1.78. The predicted octanol–water partition coefficient (Wildman–Crippen LogP) is 3.23. The Morgan fingerprint density at radius 2 is 1.96 bits per heavy atom. The van der Waals surface area contributed by atoms with Gasteiger partial charge in [-0.15, -0.1) is 0 Å². The quantitative estimate of drug-likeness (QED) is 0.902. The zero-order valence-electron chi connectivity index (χ0n) is 13.5. The van der Waals surface area contributed by atoms with E-state index in [-0.39, 0.29) is 10.8 Å². The summed E-state index contributed by atoms with van der Waals surface area (Å²) in [4.78, 5) is 0.0680. The van der Waals surface area contributed by atoms with Crippen molar-refractivity contribution >= 4 is 10.0 Å². The van der Waals surface area contributed by atoms with E-state index < -0.39 is 15.8 Å². The molecule has 2 aromatic carbocycles. The average molecular weight is 349 g/mol. The molecule has 0 aromatic heterocycles. The third-order valence-corrected chi connectivity index (χ3v) is 5.74. The van der Waals surface area contributed by atoms with Gasteiger partial charge in [-0.3, -0.25) is 0 Å². The highest BCUT2D eigenvalue weighted by molar-refractivity contribution is 7.89. The van der Waals surface area contributed by atoms with Gasteiger partial charge in [0, 0.05) is 12.5 Å². The maximum Gasteiger partial charge on any atom is 0.240 e. The molecule has 3 rings (SSSR count).